The van der Waals surface area contributed by atoms with Crippen molar-refractivity contribution in [2.24, 2.45) is 0 Å². The van der Waals surface area contributed by atoms with Gasteiger partial charge in [-0.3, -0.25) is 14.0 Å². The van der Waals surface area contributed by atoms with E-state index in [2.05, 4.69) is 23.7 Å². The number of imidazole rings is 1. The summed E-state index contributed by atoms with van der Waals surface area (Å²) in [5.74, 6) is -0.548. The first-order valence-corrected chi connectivity index (χ1v) is 13.1. The van der Waals surface area contributed by atoms with Crippen molar-refractivity contribution in [2.75, 3.05) is 47.5 Å². The lowest BCUT2D eigenvalue weighted by Gasteiger charge is -2.27. The second-order valence-electron chi connectivity index (χ2n) is 9.31. The first-order chi connectivity index (χ1) is 18.8. The van der Waals surface area contributed by atoms with Gasteiger partial charge in [0.2, 0.25) is 5.75 Å². The van der Waals surface area contributed by atoms with Crippen molar-refractivity contribution in [3.63, 3.8) is 0 Å². The molecule has 0 unspecified atom stereocenters. The quantitative estimate of drug-likeness (QED) is 0.224. The van der Waals surface area contributed by atoms with E-state index in [9.17, 15) is 14.7 Å². The average molecular weight is 537 g/mol. The Morgan fingerprint density at radius 2 is 1.72 bits per heavy atom. The van der Waals surface area contributed by atoms with Crippen LogP contribution in [0.3, 0.4) is 0 Å². The van der Waals surface area contributed by atoms with Crippen LogP contribution in [0.15, 0.2) is 42.1 Å². The zero-order valence-corrected chi connectivity index (χ0v) is 23.4. The number of hydrogen-bond donors (Lipinski definition) is 1. The van der Waals surface area contributed by atoms with Crippen LogP contribution >= 0.6 is 0 Å². The second-order valence-corrected chi connectivity index (χ2v) is 9.31. The number of carbonyl (C=O) groups is 2. The van der Waals surface area contributed by atoms with Crippen LogP contribution in [0.1, 0.15) is 43.3 Å². The minimum absolute atomic E-state index is 0.00846. The smallest absolute Gasteiger partial charge is 0.295 e. The largest absolute Gasteiger partial charge is 0.505 e. The Bertz CT molecular complexity index is 1380. The van der Waals surface area contributed by atoms with Gasteiger partial charge in [0.15, 0.2) is 17.3 Å². The van der Waals surface area contributed by atoms with Crippen LogP contribution in [0.2, 0.25) is 0 Å². The predicted octanol–water partition coefficient (Wildman–Crippen LogP) is 3.82. The molecule has 4 rings (SSSR count). The molecule has 3 aromatic rings. The standard InChI is InChI=1S/C29H36N4O6/c1-7-31(8-2)13-11-15-33-25(19-16-20(37-4)28(39-6)21(17-19)38-5)23(27(35)29(33)36)26(34)24-18(3)30-22-12-9-10-14-32(22)24/h9-10,12,14,16-17,25,34H,7-8,11,13,15H2,1-6H3/b26-23+/t25-/m1/s1. The highest BCUT2D eigenvalue weighted by Crippen LogP contribution is 2.46. The zero-order chi connectivity index (χ0) is 28.3. The summed E-state index contributed by atoms with van der Waals surface area (Å²) < 4.78 is 18.3. The molecule has 208 valence electrons. The normalized spacial score (nSPS) is 16.9. The van der Waals surface area contributed by atoms with Gasteiger partial charge in [0.05, 0.1) is 38.6 Å². The molecule has 2 aromatic heterocycles. The molecule has 0 bridgehead atoms. The second kappa shape index (κ2) is 11.8. The summed E-state index contributed by atoms with van der Waals surface area (Å²) in [6.07, 6.45) is 2.42. The number of methoxy groups -OCH3 is 3. The Labute approximate surface area is 228 Å². The van der Waals surface area contributed by atoms with Crippen molar-refractivity contribution in [3.05, 3.63) is 59.1 Å². The molecule has 0 aliphatic carbocycles. The predicted molar refractivity (Wildman–Crippen MR) is 147 cm³/mol. The number of aromatic nitrogens is 2. The lowest BCUT2D eigenvalue weighted by molar-refractivity contribution is -0.140. The highest BCUT2D eigenvalue weighted by Gasteiger charge is 2.47. The van der Waals surface area contributed by atoms with E-state index in [0.717, 1.165) is 19.6 Å². The van der Waals surface area contributed by atoms with E-state index < -0.39 is 17.7 Å². The summed E-state index contributed by atoms with van der Waals surface area (Å²) in [5.41, 5.74) is 2.07. The first kappa shape index (κ1) is 28.0. The number of ether oxygens (including phenoxy) is 3. The third kappa shape index (κ3) is 5.04. The van der Waals surface area contributed by atoms with E-state index in [1.165, 1.54) is 26.2 Å². The molecule has 1 saturated heterocycles. The van der Waals surface area contributed by atoms with Crippen LogP contribution in [-0.2, 0) is 9.59 Å². The van der Waals surface area contributed by atoms with Crippen molar-refractivity contribution in [3.8, 4) is 17.2 Å². The van der Waals surface area contributed by atoms with Crippen LogP contribution in [0.25, 0.3) is 11.4 Å². The summed E-state index contributed by atoms with van der Waals surface area (Å²) in [7, 11) is 4.51. The van der Waals surface area contributed by atoms with Crippen LogP contribution < -0.4 is 14.2 Å². The number of pyridine rings is 1. The van der Waals surface area contributed by atoms with Crippen molar-refractivity contribution in [2.45, 2.75) is 33.2 Å². The van der Waals surface area contributed by atoms with E-state index >= 15 is 0 Å². The Hall–Kier alpha value is -4.05. The Balaban J connectivity index is 1.91. The van der Waals surface area contributed by atoms with E-state index in [-0.39, 0.29) is 11.3 Å². The maximum Gasteiger partial charge on any atom is 0.295 e. The topological polar surface area (TPSA) is 106 Å². The van der Waals surface area contributed by atoms with Crippen LogP contribution in [0.4, 0.5) is 0 Å². The van der Waals surface area contributed by atoms with Gasteiger partial charge in [-0.2, -0.15) is 0 Å². The fourth-order valence-electron chi connectivity index (χ4n) is 5.25. The molecular weight excluding hydrogens is 500 g/mol. The summed E-state index contributed by atoms with van der Waals surface area (Å²) in [5, 5.41) is 11.7. The van der Waals surface area contributed by atoms with Gasteiger partial charge in [-0.15, -0.1) is 0 Å². The Morgan fingerprint density at radius 1 is 1.05 bits per heavy atom. The van der Waals surface area contributed by atoms with Gasteiger partial charge in [0.25, 0.3) is 11.7 Å². The number of aliphatic hydroxyl groups is 1. The van der Waals surface area contributed by atoms with Crippen molar-refractivity contribution < 1.29 is 28.9 Å². The van der Waals surface area contributed by atoms with E-state index in [1.807, 2.05) is 18.2 Å². The van der Waals surface area contributed by atoms with Gasteiger partial charge in [0.1, 0.15) is 11.3 Å². The molecule has 0 spiro atoms. The number of nitrogens with zero attached hydrogens (tertiary/aromatic N) is 4. The molecule has 1 fully saturated rings. The molecule has 1 atom stereocenters. The lowest BCUT2D eigenvalue weighted by atomic mass is 9.95. The van der Waals surface area contributed by atoms with E-state index in [4.69, 9.17) is 14.2 Å². The average Bonchev–Trinajstić information content (AvgIpc) is 3.42. The number of carbonyl (C=O) groups excluding carboxylic acids is 2. The van der Waals surface area contributed by atoms with Crippen molar-refractivity contribution >= 4 is 23.1 Å². The number of aryl methyl sites for hydroxylation is 1. The molecule has 0 saturated carbocycles. The minimum Gasteiger partial charge on any atom is -0.505 e. The Kier molecular flexibility index (Phi) is 8.44. The van der Waals surface area contributed by atoms with Gasteiger partial charge < -0.3 is 29.1 Å². The number of likely N-dealkylation sites (tertiary alicyclic amines) is 1. The number of aliphatic hydroxyl groups excluding tert-OH is 1. The number of Topliss-reactive ketones (excluding diaryl/α,β-unsaturated/α-hetero) is 1. The first-order valence-electron chi connectivity index (χ1n) is 13.1. The summed E-state index contributed by atoms with van der Waals surface area (Å²) >= 11 is 0. The monoisotopic (exact) mass is 536 g/mol. The highest BCUT2D eigenvalue weighted by atomic mass is 16.5. The molecule has 1 N–H and O–H groups in total. The van der Waals surface area contributed by atoms with Gasteiger partial charge >= 0.3 is 0 Å². The molecule has 1 aliphatic rings. The maximum atomic E-state index is 13.6. The molecule has 3 heterocycles. The number of fused-ring (bicyclic) bond motifs is 1. The van der Waals surface area contributed by atoms with E-state index in [0.29, 0.717) is 52.8 Å². The number of hydrogen-bond acceptors (Lipinski definition) is 8. The molecule has 1 aliphatic heterocycles. The third-order valence-electron chi connectivity index (χ3n) is 7.24. The third-order valence-corrected chi connectivity index (χ3v) is 7.24. The Morgan fingerprint density at radius 3 is 2.31 bits per heavy atom. The van der Waals surface area contributed by atoms with Crippen LogP contribution in [0.5, 0.6) is 17.2 Å². The van der Waals surface area contributed by atoms with Crippen molar-refractivity contribution in [1.82, 2.24) is 19.2 Å². The molecule has 10 nitrogen and oxygen atoms in total. The minimum atomic E-state index is -0.871. The lowest BCUT2D eigenvalue weighted by Crippen LogP contribution is -2.33. The maximum absolute atomic E-state index is 13.6. The fraction of sp³-hybridized carbons (Fsp3) is 0.414. The molecule has 0 radical (unpaired) electrons. The van der Waals surface area contributed by atoms with Crippen LogP contribution in [-0.4, -0.2) is 83.5 Å². The van der Waals surface area contributed by atoms with E-state index in [1.54, 1.807) is 29.7 Å². The summed E-state index contributed by atoms with van der Waals surface area (Å²) in [6, 6.07) is 8.02. The molecule has 39 heavy (non-hydrogen) atoms. The molecule has 1 aromatic carbocycles. The highest BCUT2D eigenvalue weighted by molar-refractivity contribution is 6.46. The molecular formula is C29H36N4O6. The SMILES string of the molecule is CCN(CC)CCCN1C(=O)C(=O)/C(=C(/O)c2c(C)nc3ccccn23)[C@H]1c1cc(OC)c(OC)c(OC)c1. The summed E-state index contributed by atoms with van der Waals surface area (Å²) in [6.45, 7) is 8.80. The fourth-order valence-corrected chi connectivity index (χ4v) is 5.25. The summed E-state index contributed by atoms with van der Waals surface area (Å²) in [4.78, 5) is 35.4. The number of ketones is 1. The van der Waals surface area contributed by atoms with Crippen molar-refractivity contribution in [1.29, 1.82) is 0 Å². The number of benzene rings is 1. The van der Waals surface area contributed by atoms with Crippen LogP contribution in [0, 0.1) is 6.92 Å². The van der Waals surface area contributed by atoms with Gasteiger partial charge in [0, 0.05) is 12.7 Å². The van der Waals surface area contributed by atoms with Gasteiger partial charge in [-0.05, 0) is 62.8 Å². The number of amides is 1. The molecule has 10 heteroatoms. The van der Waals surface area contributed by atoms with Gasteiger partial charge in [-0.1, -0.05) is 19.9 Å². The zero-order valence-electron chi connectivity index (χ0n) is 23.4. The molecule has 1 amide bonds. The number of rotatable bonds is 11. The van der Waals surface area contributed by atoms with Gasteiger partial charge in [-0.25, -0.2) is 4.98 Å².